The van der Waals surface area contributed by atoms with Gasteiger partial charge in [-0.1, -0.05) is 0 Å². The summed E-state index contributed by atoms with van der Waals surface area (Å²) < 4.78 is 1.97. The van der Waals surface area contributed by atoms with E-state index < -0.39 is 0 Å². The minimum absolute atomic E-state index is 1.07. The molecule has 0 amide bonds. The molecule has 62 valence electrons. The highest BCUT2D eigenvalue weighted by Crippen LogP contribution is 2.16. The van der Waals surface area contributed by atoms with Gasteiger partial charge in [0.2, 0.25) is 0 Å². The predicted octanol–water partition coefficient (Wildman–Crippen LogP) is 2.55. The number of rotatable bonds is 1. The van der Waals surface area contributed by atoms with E-state index in [0.717, 1.165) is 5.69 Å². The highest BCUT2D eigenvalue weighted by Gasteiger charge is 2.02. The Bertz CT molecular complexity index is 373. The zero-order chi connectivity index (χ0) is 8.55. The van der Waals surface area contributed by atoms with Crippen LogP contribution in [-0.4, -0.2) is 9.78 Å². The zero-order valence-electron chi connectivity index (χ0n) is 7.11. The second kappa shape index (κ2) is 2.75. The number of nitrogens with zero attached hydrogens (tertiary/aromatic N) is 2. The number of hydrogen-bond donors (Lipinski definition) is 0. The second-order valence-electron chi connectivity index (χ2n) is 2.79. The number of thiophene rings is 1. The van der Waals surface area contributed by atoms with Crippen LogP contribution in [0.2, 0.25) is 0 Å². The molecule has 0 saturated carbocycles. The molecule has 0 radical (unpaired) electrons. The van der Waals surface area contributed by atoms with Crippen molar-refractivity contribution in [1.82, 2.24) is 9.78 Å². The topological polar surface area (TPSA) is 17.8 Å². The molecule has 2 nitrogen and oxygen atoms in total. The molecule has 0 bridgehead atoms. The maximum atomic E-state index is 4.38. The Labute approximate surface area is 75.5 Å². The summed E-state index contributed by atoms with van der Waals surface area (Å²) >= 11 is 1.70. The second-order valence-corrected chi connectivity index (χ2v) is 3.72. The Morgan fingerprint density at radius 3 is 2.75 bits per heavy atom. The van der Waals surface area contributed by atoms with Crippen LogP contribution in [0.5, 0.6) is 0 Å². The Balaban J connectivity index is 2.54. The van der Waals surface area contributed by atoms with Crippen LogP contribution in [0.1, 0.15) is 11.4 Å². The molecule has 0 saturated heterocycles. The molecule has 0 spiro atoms. The van der Waals surface area contributed by atoms with Gasteiger partial charge in [-0.2, -0.15) is 5.10 Å². The van der Waals surface area contributed by atoms with Crippen LogP contribution in [0.15, 0.2) is 23.6 Å². The molecule has 0 unspecified atom stereocenters. The van der Waals surface area contributed by atoms with E-state index in [1.807, 2.05) is 17.7 Å². The molecule has 12 heavy (non-hydrogen) atoms. The molecule has 0 aliphatic heterocycles. The van der Waals surface area contributed by atoms with Gasteiger partial charge in [-0.15, -0.1) is 11.3 Å². The highest BCUT2D eigenvalue weighted by molar-refractivity contribution is 7.12. The van der Waals surface area contributed by atoms with E-state index in [-0.39, 0.29) is 0 Å². The fourth-order valence-electron chi connectivity index (χ4n) is 1.24. The minimum Gasteiger partial charge on any atom is -0.228 e. The minimum atomic E-state index is 1.07. The van der Waals surface area contributed by atoms with E-state index in [1.165, 1.54) is 10.7 Å². The summed E-state index contributed by atoms with van der Waals surface area (Å²) in [6.07, 6.45) is 0. The summed E-state index contributed by atoms with van der Waals surface area (Å²) in [4.78, 5) is 0. The molecule has 2 heterocycles. The van der Waals surface area contributed by atoms with E-state index in [9.17, 15) is 0 Å². The summed E-state index contributed by atoms with van der Waals surface area (Å²) in [7, 11) is 0. The maximum absolute atomic E-state index is 4.38. The molecular weight excluding hydrogens is 168 g/mol. The van der Waals surface area contributed by atoms with Gasteiger partial charge in [-0.25, -0.2) is 4.68 Å². The van der Waals surface area contributed by atoms with Gasteiger partial charge in [0.05, 0.1) is 5.69 Å². The first kappa shape index (κ1) is 7.55. The van der Waals surface area contributed by atoms with Crippen LogP contribution in [0, 0.1) is 13.8 Å². The molecule has 3 heteroatoms. The summed E-state index contributed by atoms with van der Waals surface area (Å²) in [5.41, 5.74) is 2.26. The Kier molecular flexibility index (Phi) is 1.73. The van der Waals surface area contributed by atoms with E-state index in [2.05, 4.69) is 29.5 Å². The van der Waals surface area contributed by atoms with Crippen molar-refractivity contribution in [2.75, 3.05) is 0 Å². The monoisotopic (exact) mass is 178 g/mol. The van der Waals surface area contributed by atoms with Crippen molar-refractivity contribution in [2.24, 2.45) is 0 Å². The first-order chi connectivity index (χ1) is 5.77. The van der Waals surface area contributed by atoms with Crippen LogP contribution < -0.4 is 0 Å². The molecule has 2 aromatic rings. The molecule has 0 N–H and O–H groups in total. The summed E-state index contributed by atoms with van der Waals surface area (Å²) in [5, 5.41) is 7.62. The van der Waals surface area contributed by atoms with Gasteiger partial charge in [0, 0.05) is 5.69 Å². The Morgan fingerprint density at radius 2 is 2.25 bits per heavy atom. The van der Waals surface area contributed by atoms with E-state index in [4.69, 9.17) is 0 Å². The third kappa shape index (κ3) is 1.16. The first-order valence-corrected chi connectivity index (χ1v) is 4.72. The Morgan fingerprint density at radius 1 is 1.42 bits per heavy atom. The number of hydrogen-bond acceptors (Lipinski definition) is 2. The standard InChI is InChI=1S/C9H10N2S/c1-7-6-8(2)11(10-7)9-4-3-5-12-9/h3-6H,1-2H3. The van der Waals surface area contributed by atoms with Crippen molar-refractivity contribution in [3.63, 3.8) is 0 Å². The van der Waals surface area contributed by atoms with Crippen molar-refractivity contribution < 1.29 is 0 Å². The van der Waals surface area contributed by atoms with Crippen molar-refractivity contribution in [1.29, 1.82) is 0 Å². The van der Waals surface area contributed by atoms with Crippen LogP contribution in [0.3, 0.4) is 0 Å². The third-order valence-corrected chi connectivity index (χ3v) is 2.57. The molecule has 0 atom stereocenters. The SMILES string of the molecule is Cc1cc(C)n(-c2cccs2)n1. The maximum Gasteiger partial charge on any atom is 0.117 e. The van der Waals surface area contributed by atoms with Crippen molar-refractivity contribution in [3.05, 3.63) is 35.0 Å². The van der Waals surface area contributed by atoms with Gasteiger partial charge in [-0.3, -0.25) is 0 Å². The van der Waals surface area contributed by atoms with Gasteiger partial charge in [0.1, 0.15) is 5.00 Å². The first-order valence-electron chi connectivity index (χ1n) is 3.84. The normalized spacial score (nSPS) is 10.5. The van der Waals surface area contributed by atoms with E-state index >= 15 is 0 Å². The van der Waals surface area contributed by atoms with Crippen LogP contribution in [0.4, 0.5) is 0 Å². The van der Waals surface area contributed by atoms with E-state index in [0.29, 0.717) is 0 Å². The molecule has 0 aromatic carbocycles. The average molecular weight is 178 g/mol. The number of aromatic nitrogens is 2. The van der Waals surface area contributed by atoms with Crippen molar-refractivity contribution in [2.45, 2.75) is 13.8 Å². The fourth-order valence-corrected chi connectivity index (χ4v) is 1.98. The zero-order valence-corrected chi connectivity index (χ0v) is 7.93. The van der Waals surface area contributed by atoms with Gasteiger partial charge in [0.15, 0.2) is 0 Å². The highest BCUT2D eigenvalue weighted by atomic mass is 32.1. The fraction of sp³-hybridized carbons (Fsp3) is 0.222. The summed E-state index contributed by atoms with van der Waals surface area (Å²) in [6, 6.07) is 6.19. The average Bonchev–Trinajstić information content (AvgIpc) is 2.58. The molecule has 0 aliphatic carbocycles. The number of aryl methyl sites for hydroxylation is 2. The van der Waals surface area contributed by atoms with Crippen molar-refractivity contribution in [3.8, 4) is 5.00 Å². The van der Waals surface area contributed by atoms with Gasteiger partial charge in [-0.05, 0) is 37.4 Å². The molecule has 2 rings (SSSR count). The molecule has 0 aliphatic rings. The summed E-state index contributed by atoms with van der Waals surface area (Å²) in [5.74, 6) is 0. The predicted molar refractivity (Wildman–Crippen MR) is 50.9 cm³/mol. The van der Waals surface area contributed by atoms with Gasteiger partial charge < -0.3 is 0 Å². The third-order valence-electron chi connectivity index (χ3n) is 1.72. The lowest BCUT2D eigenvalue weighted by atomic mass is 10.4. The largest absolute Gasteiger partial charge is 0.228 e. The quantitative estimate of drug-likeness (QED) is 0.656. The lowest BCUT2D eigenvalue weighted by Crippen LogP contribution is -1.95. The van der Waals surface area contributed by atoms with Crippen LogP contribution in [-0.2, 0) is 0 Å². The van der Waals surface area contributed by atoms with Crippen molar-refractivity contribution >= 4 is 11.3 Å². The van der Waals surface area contributed by atoms with Crippen LogP contribution in [0.25, 0.3) is 5.00 Å². The van der Waals surface area contributed by atoms with Gasteiger partial charge in [0.25, 0.3) is 0 Å². The lowest BCUT2D eigenvalue weighted by Gasteiger charge is -1.97. The smallest absolute Gasteiger partial charge is 0.117 e. The Hall–Kier alpha value is -1.09. The lowest BCUT2D eigenvalue weighted by molar-refractivity contribution is 0.848. The molecule has 2 aromatic heterocycles. The summed E-state index contributed by atoms with van der Waals surface area (Å²) in [6.45, 7) is 4.08. The molecular formula is C9H10N2S. The molecule has 0 fully saturated rings. The van der Waals surface area contributed by atoms with E-state index in [1.54, 1.807) is 11.3 Å². The van der Waals surface area contributed by atoms with Crippen LogP contribution >= 0.6 is 11.3 Å². The van der Waals surface area contributed by atoms with Gasteiger partial charge >= 0.3 is 0 Å².